The molecule has 3 fully saturated rings. The second-order valence-electron chi connectivity index (χ2n) is 9.28. The van der Waals surface area contributed by atoms with Gasteiger partial charge in [0.1, 0.15) is 6.10 Å². The minimum atomic E-state index is -0.158. The Morgan fingerprint density at radius 1 is 1.20 bits per heavy atom. The summed E-state index contributed by atoms with van der Waals surface area (Å²) in [5.74, 6) is 2.06. The highest BCUT2D eigenvalue weighted by Gasteiger charge is 2.56. The van der Waals surface area contributed by atoms with E-state index in [9.17, 15) is 9.59 Å². The maximum Gasteiger partial charge on any atom is 0.302 e. The van der Waals surface area contributed by atoms with Crippen LogP contribution in [0.3, 0.4) is 0 Å². The van der Waals surface area contributed by atoms with Crippen LogP contribution in [0.4, 0.5) is 0 Å². The van der Waals surface area contributed by atoms with Crippen LogP contribution < -0.4 is 5.32 Å². The van der Waals surface area contributed by atoms with Gasteiger partial charge in [-0.25, -0.2) is 0 Å². The van der Waals surface area contributed by atoms with Crippen molar-refractivity contribution in [1.82, 2.24) is 5.32 Å². The van der Waals surface area contributed by atoms with Crippen LogP contribution in [0.5, 0.6) is 0 Å². The first kappa shape index (κ1) is 17.1. The standard InChI is InChI=1S/C21H31NO3/c1-13(23)25-15-8-10-20(2)14(12-15)4-5-16-17(20)9-11-21(3)18(16)6-7-19(24)22-21/h4,15-18H,5-12H2,1-3H3,(H,22,24)/t15-,16+,17+,18+,20+,21+/m0/s1. The predicted molar refractivity (Wildman–Crippen MR) is 95.7 cm³/mol. The molecule has 1 amide bonds. The number of piperidine rings is 1. The first-order chi connectivity index (χ1) is 11.8. The highest BCUT2D eigenvalue weighted by molar-refractivity contribution is 5.77. The van der Waals surface area contributed by atoms with E-state index in [1.54, 1.807) is 0 Å². The third-order valence-electron chi connectivity index (χ3n) is 7.89. The predicted octanol–water partition coefficient (Wildman–Crippen LogP) is 3.75. The van der Waals surface area contributed by atoms with E-state index < -0.39 is 0 Å². The molecule has 3 aliphatic carbocycles. The van der Waals surface area contributed by atoms with Crippen LogP contribution in [0.2, 0.25) is 0 Å². The van der Waals surface area contributed by atoms with E-state index in [1.807, 2.05) is 0 Å². The minimum absolute atomic E-state index is 0.00680. The topological polar surface area (TPSA) is 55.4 Å². The number of esters is 1. The van der Waals surface area contributed by atoms with Gasteiger partial charge in [0.2, 0.25) is 5.91 Å². The Morgan fingerprint density at radius 2 is 2.00 bits per heavy atom. The number of amides is 1. The molecule has 1 N–H and O–H groups in total. The summed E-state index contributed by atoms with van der Waals surface area (Å²) < 4.78 is 5.51. The fraction of sp³-hybridized carbons (Fsp3) is 0.810. The quantitative estimate of drug-likeness (QED) is 0.582. The van der Waals surface area contributed by atoms with Crippen molar-refractivity contribution in [1.29, 1.82) is 0 Å². The average molecular weight is 345 g/mol. The molecular formula is C21H31NO3. The highest BCUT2D eigenvalue weighted by Crippen LogP contribution is 2.60. The van der Waals surface area contributed by atoms with E-state index in [0.717, 1.165) is 38.5 Å². The minimum Gasteiger partial charge on any atom is -0.462 e. The summed E-state index contributed by atoms with van der Waals surface area (Å²) in [6.45, 7) is 6.23. The summed E-state index contributed by atoms with van der Waals surface area (Å²) in [5.41, 5.74) is 1.77. The summed E-state index contributed by atoms with van der Waals surface area (Å²) in [5, 5.41) is 3.32. The maximum atomic E-state index is 11.9. The van der Waals surface area contributed by atoms with Gasteiger partial charge in [0, 0.05) is 25.3 Å². The van der Waals surface area contributed by atoms with Crippen molar-refractivity contribution in [3.8, 4) is 0 Å². The second kappa shape index (κ2) is 5.85. The number of hydrogen-bond donors (Lipinski definition) is 1. The molecule has 4 aliphatic rings. The molecule has 0 aromatic rings. The fourth-order valence-electron chi connectivity index (χ4n) is 6.64. The molecule has 0 unspecified atom stereocenters. The Kier molecular flexibility index (Phi) is 4.01. The number of carbonyl (C=O) groups is 2. The molecular weight excluding hydrogens is 314 g/mol. The smallest absolute Gasteiger partial charge is 0.302 e. The molecule has 4 rings (SSSR count). The lowest BCUT2D eigenvalue weighted by atomic mass is 9.48. The van der Waals surface area contributed by atoms with Crippen molar-refractivity contribution in [2.45, 2.75) is 83.8 Å². The molecule has 0 bridgehead atoms. The lowest BCUT2D eigenvalue weighted by Crippen LogP contribution is -2.62. The van der Waals surface area contributed by atoms with Gasteiger partial charge in [-0.2, -0.15) is 0 Å². The monoisotopic (exact) mass is 345 g/mol. The van der Waals surface area contributed by atoms with Gasteiger partial charge in [0.25, 0.3) is 0 Å². The van der Waals surface area contributed by atoms with Crippen molar-refractivity contribution < 1.29 is 14.3 Å². The molecule has 1 aliphatic heterocycles. The molecule has 0 radical (unpaired) electrons. The highest BCUT2D eigenvalue weighted by atomic mass is 16.5. The molecule has 138 valence electrons. The van der Waals surface area contributed by atoms with Gasteiger partial charge in [-0.15, -0.1) is 0 Å². The van der Waals surface area contributed by atoms with Crippen molar-refractivity contribution in [2.24, 2.45) is 23.2 Å². The van der Waals surface area contributed by atoms with Crippen LogP contribution in [0.25, 0.3) is 0 Å². The second-order valence-corrected chi connectivity index (χ2v) is 9.28. The number of fused-ring (bicyclic) bond motifs is 5. The maximum absolute atomic E-state index is 11.9. The van der Waals surface area contributed by atoms with Crippen LogP contribution in [0, 0.1) is 23.2 Å². The van der Waals surface area contributed by atoms with E-state index >= 15 is 0 Å². The molecule has 2 saturated carbocycles. The number of ether oxygens (including phenoxy) is 1. The Bertz CT molecular complexity index is 627. The molecule has 4 nitrogen and oxygen atoms in total. The summed E-state index contributed by atoms with van der Waals surface area (Å²) in [6, 6.07) is 0. The molecule has 1 heterocycles. The lowest BCUT2D eigenvalue weighted by molar-refractivity contribution is -0.149. The van der Waals surface area contributed by atoms with Crippen LogP contribution in [0.15, 0.2) is 11.6 Å². The number of hydrogen-bond acceptors (Lipinski definition) is 3. The van der Waals surface area contributed by atoms with Crippen molar-refractivity contribution in [3.63, 3.8) is 0 Å². The largest absolute Gasteiger partial charge is 0.462 e. The van der Waals surface area contributed by atoms with Crippen molar-refractivity contribution in [3.05, 3.63) is 11.6 Å². The van der Waals surface area contributed by atoms with Gasteiger partial charge < -0.3 is 10.1 Å². The first-order valence-electron chi connectivity index (χ1n) is 9.99. The lowest BCUT2D eigenvalue weighted by Gasteiger charge is -2.59. The van der Waals surface area contributed by atoms with Gasteiger partial charge in [-0.3, -0.25) is 9.59 Å². The number of rotatable bonds is 1. The normalized spacial score (nSPS) is 46.0. The van der Waals surface area contributed by atoms with Gasteiger partial charge in [-0.05, 0) is 68.6 Å². The van der Waals surface area contributed by atoms with E-state index in [0.29, 0.717) is 24.2 Å². The molecule has 25 heavy (non-hydrogen) atoms. The molecule has 0 aromatic carbocycles. The fourth-order valence-corrected chi connectivity index (χ4v) is 6.64. The zero-order valence-corrected chi connectivity index (χ0v) is 15.8. The Morgan fingerprint density at radius 3 is 2.76 bits per heavy atom. The molecule has 6 atom stereocenters. The van der Waals surface area contributed by atoms with Gasteiger partial charge in [-0.1, -0.05) is 18.6 Å². The first-order valence-corrected chi connectivity index (χ1v) is 9.99. The van der Waals surface area contributed by atoms with Crippen LogP contribution in [-0.4, -0.2) is 23.5 Å². The number of carbonyl (C=O) groups excluding carboxylic acids is 2. The van der Waals surface area contributed by atoms with Crippen molar-refractivity contribution in [2.75, 3.05) is 0 Å². The average Bonchev–Trinajstić information content (AvgIpc) is 2.53. The van der Waals surface area contributed by atoms with E-state index in [-0.39, 0.29) is 28.9 Å². The summed E-state index contributed by atoms with van der Waals surface area (Å²) in [4.78, 5) is 23.3. The van der Waals surface area contributed by atoms with E-state index in [4.69, 9.17) is 4.74 Å². The Labute approximate surface area is 150 Å². The summed E-state index contributed by atoms with van der Waals surface area (Å²) in [7, 11) is 0. The third-order valence-corrected chi connectivity index (χ3v) is 7.89. The third kappa shape index (κ3) is 2.72. The van der Waals surface area contributed by atoms with E-state index in [2.05, 4.69) is 25.2 Å². The van der Waals surface area contributed by atoms with Gasteiger partial charge in [0.15, 0.2) is 0 Å². The van der Waals surface area contributed by atoms with Crippen LogP contribution in [0.1, 0.15) is 72.1 Å². The molecule has 4 heteroatoms. The van der Waals surface area contributed by atoms with Gasteiger partial charge in [0.05, 0.1) is 0 Å². The molecule has 0 aromatic heterocycles. The van der Waals surface area contributed by atoms with Crippen molar-refractivity contribution >= 4 is 11.9 Å². The van der Waals surface area contributed by atoms with Crippen LogP contribution >= 0.6 is 0 Å². The molecule has 0 spiro atoms. The van der Waals surface area contributed by atoms with Gasteiger partial charge >= 0.3 is 5.97 Å². The van der Waals surface area contributed by atoms with Crippen LogP contribution in [-0.2, 0) is 14.3 Å². The summed E-state index contributed by atoms with van der Waals surface area (Å²) in [6.07, 6.45) is 10.7. The zero-order valence-electron chi connectivity index (χ0n) is 15.8. The van der Waals surface area contributed by atoms with E-state index in [1.165, 1.54) is 18.9 Å². The number of nitrogens with one attached hydrogen (secondary N) is 1. The Balaban J connectivity index is 1.58. The summed E-state index contributed by atoms with van der Waals surface area (Å²) >= 11 is 0. The Hall–Kier alpha value is -1.32. The zero-order chi connectivity index (χ0) is 17.8. The molecule has 1 saturated heterocycles. The SMILES string of the molecule is CC(=O)O[C@H]1CC[C@]2(C)C(=CC[C@H]3[C@H]4CCC(=O)N[C@]4(C)CC[C@H]32)C1. The number of allylic oxidation sites excluding steroid dienone is 1.